The molecule has 6 nitrogen and oxygen atoms in total. The molecule has 0 radical (unpaired) electrons. The van der Waals surface area contributed by atoms with Gasteiger partial charge in [0.15, 0.2) is 0 Å². The fourth-order valence-corrected chi connectivity index (χ4v) is 3.73. The number of aromatic nitrogens is 1. The third-order valence-corrected chi connectivity index (χ3v) is 5.69. The van der Waals surface area contributed by atoms with Gasteiger partial charge in [0.1, 0.15) is 28.1 Å². The number of nitrogens with one attached hydrogen (secondary N) is 2. The number of rotatable bonds is 7. The zero-order valence-electron chi connectivity index (χ0n) is 16.3. The van der Waals surface area contributed by atoms with Crippen LogP contribution in [0.3, 0.4) is 0 Å². The fraction of sp³-hybridized carbons (Fsp3) is 0.227. The lowest BCUT2D eigenvalue weighted by Gasteiger charge is -2.10. The van der Waals surface area contributed by atoms with Crippen molar-refractivity contribution in [1.82, 2.24) is 10.3 Å². The van der Waals surface area contributed by atoms with Gasteiger partial charge < -0.3 is 15.4 Å². The van der Waals surface area contributed by atoms with Crippen molar-refractivity contribution < 1.29 is 18.7 Å². The summed E-state index contributed by atoms with van der Waals surface area (Å²) in [6.45, 7) is 1.92. The Hall–Kier alpha value is -3.26. The first-order valence-corrected chi connectivity index (χ1v) is 10.4. The highest BCUT2D eigenvalue weighted by molar-refractivity contribution is 7.13. The lowest BCUT2D eigenvalue weighted by molar-refractivity contribution is 0.0952. The first-order chi connectivity index (χ1) is 14.5. The molecule has 0 spiro atoms. The molecule has 2 amide bonds. The Morgan fingerprint density at radius 2 is 1.87 bits per heavy atom. The van der Waals surface area contributed by atoms with Crippen LogP contribution < -0.4 is 15.4 Å². The van der Waals surface area contributed by atoms with Crippen molar-refractivity contribution >= 4 is 28.8 Å². The lowest BCUT2D eigenvalue weighted by Crippen LogP contribution is -2.27. The monoisotopic (exact) mass is 425 g/mol. The van der Waals surface area contributed by atoms with Crippen molar-refractivity contribution in [2.75, 3.05) is 5.32 Å². The third kappa shape index (κ3) is 4.83. The number of carbonyl (C=O) groups excluding carboxylic acids is 2. The van der Waals surface area contributed by atoms with Crippen LogP contribution in [0.5, 0.6) is 5.75 Å². The van der Waals surface area contributed by atoms with E-state index < -0.39 is 0 Å². The van der Waals surface area contributed by atoms with Crippen LogP contribution in [0.1, 0.15) is 43.6 Å². The predicted molar refractivity (Wildman–Crippen MR) is 112 cm³/mol. The number of carbonyl (C=O) groups is 2. The first-order valence-electron chi connectivity index (χ1n) is 9.55. The van der Waals surface area contributed by atoms with E-state index in [2.05, 4.69) is 15.6 Å². The molecule has 0 unspecified atom stereocenters. The molecule has 1 saturated carbocycles. The molecule has 4 rings (SSSR count). The van der Waals surface area contributed by atoms with Gasteiger partial charge in [-0.3, -0.25) is 9.59 Å². The van der Waals surface area contributed by atoms with E-state index in [1.165, 1.54) is 35.6 Å². The number of amides is 2. The number of hydrogen-bond donors (Lipinski definition) is 2. The topological polar surface area (TPSA) is 80.3 Å². The number of benzene rings is 2. The summed E-state index contributed by atoms with van der Waals surface area (Å²) in [6.07, 6.45) is 1.98. The molecule has 0 saturated heterocycles. The molecule has 154 valence electrons. The number of anilines is 1. The number of hydrogen-bond acceptors (Lipinski definition) is 5. The molecule has 1 fully saturated rings. The van der Waals surface area contributed by atoms with Gasteiger partial charge >= 0.3 is 0 Å². The average Bonchev–Trinajstić information content (AvgIpc) is 3.47. The molecule has 0 bridgehead atoms. The number of aryl methyl sites for hydroxylation is 1. The van der Waals surface area contributed by atoms with E-state index in [-0.39, 0.29) is 30.3 Å². The Balaban J connectivity index is 1.44. The van der Waals surface area contributed by atoms with E-state index in [9.17, 15) is 14.0 Å². The minimum absolute atomic E-state index is 0.171. The van der Waals surface area contributed by atoms with Crippen molar-refractivity contribution in [1.29, 1.82) is 0 Å². The molecule has 1 aromatic heterocycles. The number of nitrogens with zero attached hydrogens (tertiary/aromatic N) is 1. The molecule has 1 heterocycles. The van der Waals surface area contributed by atoms with Crippen LogP contribution in [0.2, 0.25) is 0 Å². The van der Waals surface area contributed by atoms with Gasteiger partial charge in [0.2, 0.25) is 0 Å². The highest BCUT2D eigenvalue weighted by atomic mass is 32.1. The van der Waals surface area contributed by atoms with Gasteiger partial charge in [0.25, 0.3) is 11.8 Å². The van der Waals surface area contributed by atoms with Crippen LogP contribution in [0.4, 0.5) is 10.1 Å². The van der Waals surface area contributed by atoms with Crippen LogP contribution in [0.15, 0.2) is 48.5 Å². The summed E-state index contributed by atoms with van der Waals surface area (Å²) in [7, 11) is 0. The molecule has 8 heteroatoms. The normalized spacial score (nSPS) is 13.0. The first kappa shape index (κ1) is 20.0. The van der Waals surface area contributed by atoms with Gasteiger partial charge in [0.05, 0.1) is 16.9 Å². The van der Waals surface area contributed by atoms with Crippen LogP contribution in [0, 0.1) is 12.7 Å². The largest absolute Gasteiger partial charge is 0.486 e. The van der Waals surface area contributed by atoms with Crippen LogP contribution in [0.25, 0.3) is 0 Å². The number of para-hydroxylation sites is 1. The number of thiazole rings is 1. The highest BCUT2D eigenvalue weighted by Crippen LogP contribution is 2.24. The average molecular weight is 425 g/mol. The molecule has 2 aromatic carbocycles. The van der Waals surface area contributed by atoms with Crippen molar-refractivity contribution in [3.05, 3.63) is 75.5 Å². The van der Waals surface area contributed by atoms with Gasteiger partial charge in [-0.1, -0.05) is 12.1 Å². The molecule has 3 aromatic rings. The number of halogens is 1. The second-order valence-corrected chi connectivity index (χ2v) is 8.10. The summed E-state index contributed by atoms with van der Waals surface area (Å²) in [5.74, 6) is -0.337. The molecule has 2 N–H and O–H groups in total. The van der Waals surface area contributed by atoms with E-state index in [4.69, 9.17) is 4.74 Å². The van der Waals surface area contributed by atoms with Crippen molar-refractivity contribution in [2.45, 2.75) is 32.4 Å². The van der Waals surface area contributed by atoms with E-state index in [0.29, 0.717) is 32.6 Å². The van der Waals surface area contributed by atoms with Crippen molar-refractivity contribution in [3.63, 3.8) is 0 Å². The Morgan fingerprint density at radius 3 is 2.60 bits per heavy atom. The summed E-state index contributed by atoms with van der Waals surface area (Å²) >= 11 is 1.22. The maximum atomic E-state index is 13.0. The quantitative estimate of drug-likeness (QED) is 0.591. The minimum Gasteiger partial charge on any atom is -0.486 e. The standard InChI is InChI=1S/C22H20FN3O3S/c1-13-20(30-19(24-13)12-29-16-10-6-14(23)7-11-16)22(28)26-18-5-3-2-4-17(18)21(27)25-15-8-9-15/h2-7,10-11,15H,8-9,12H2,1H3,(H,25,27)(H,26,28). The van der Waals surface area contributed by atoms with Crippen molar-refractivity contribution in [2.24, 2.45) is 0 Å². The van der Waals surface area contributed by atoms with Crippen LogP contribution >= 0.6 is 11.3 Å². The van der Waals surface area contributed by atoms with Gasteiger partial charge in [-0.15, -0.1) is 11.3 Å². The maximum Gasteiger partial charge on any atom is 0.267 e. The summed E-state index contributed by atoms with van der Waals surface area (Å²) in [5.41, 5.74) is 1.47. The highest BCUT2D eigenvalue weighted by Gasteiger charge is 2.25. The Bertz CT molecular complexity index is 1080. The second-order valence-electron chi connectivity index (χ2n) is 7.01. The van der Waals surface area contributed by atoms with Crippen molar-refractivity contribution in [3.8, 4) is 5.75 Å². The summed E-state index contributed by atoms with van der Waals surface area (Å²) in [5, 5.41) is 6.39. The molecule has 1 aliphatic rings. The Morgan fingerprint density at radius 1 is 1.13 bits per heavy atom. The Kier molecular flexibility index (Phi) is 5.76. The van der Waals surface area contributed by atoms with E-state index in [0.717, 1.165) is 12.8 Å². The minimum atomic E-state index is -0.336. The predicted octanol–water partition coefficient (Wildman–Crippen LogP) is 4.31. The zero-order chi connectivity index (χ0) is 21.1. The van der Waals surface area contributed by atoms with Crippen LogP contribution in [-0.4, -0.2) is 22.8 Å². The third-order valence-electron chi connectivity index (χ3n) is 4.56. The second kappa shape index (κ2) is 8.62. The van der Waals surface area contributed by atoms with Crippen LogP contribution in [-0.2, 0) is 6.61 Å². The maximum absolute atomic E-state index is 13.0. The van der Waals surface area contributed by atoms with Gasteiger partial charge in [-0.25, -0.2) is 9.37 Å². The van der Waals surface area contributed by atoms with E-state index >= 15 is 0 Å². The zero-order valence-corrected chi connectivity index (χ0v) is 17.1. The summed E-state index contributed by atoms with van der Waals surface area (Å²) < 4.78 is 18.6. The summed E-state index contributed by atoms with van der Waals surface area (Å²) in [6, 6.07) is 12.9. The molecular weight excluding hydrogens is 405 g/mol. The van der Waals surface area contributed by atoms with Gasteiger partial charge in [-0.05, 0) is 56.2 Å². The molecular formula is C22H20FN3O3S. The molecule has 0 aliphatic heterocycles. The SMILES string of the molecule is Cc1nc(COc2ccc(F)cc2)sc1C(=O)Nc1ccccc1C(=O)NC1CC1. The van der Waals surface area contributed by atoms with E-state index in [1.54, 1.807) is 31.2 Å². The number of ether oxygens (including phenoxy) is 1. The van der Waals surface area contributed by atoms with Gasteiger partial charge in [-0.2, -0.15) is 0 Å². The summed E-state index contributed by atoms with van der Waals surface area (Å²) in [4.78, 5) is 30.1. The smallest absolute Gasteiger partial charge is 0.267 e. The lowest BCUT2D eigenvalue weighted by atomic mass is 10.1. The molecule has 30 heavy (non-hydrogen) atoms. The fourth-order valence-electron chi connectivity index (χ4n) is 2.86. The van der Waals surface area contributed by atoms with E-state index in [1.807, 2.05) is 0 Å². The Labute approximate surface area is 177 Å². The van der Waals surface area contributed by atoms with Gasteiger partial charge in [0, 0.05) is 6.04 Å². The molecule has 1 aliphatic carbocycles. The molecule has 0 atom stereocenters.